The molecule has 2 amide bonds. The number of nitrogens with zero attached hydrogens (tertiary/aromatic N) is 1. The van der Waals surface area contributed by atoms with Crippen LogP contribution in [0.4, 0.5) is 0 Å². The summed E-state index contributed by atoms with van der Waals surface area (Å²) in [5, 5.41) is 16.7. The van der Waals surface area contributed by atoms with E-state index in [9.17, 15) is 9.59 Å². The first-order chi connectivity index (χ1) is 8.61. The number of rotatable bonds is 8. The monoisotopic (exact) mass is 272 g/mol. The third-order valence-corrected chi connectivity index (χ3v) is 2.12. The summed E-state index contributed by atoms with van der Waals surface area (Å²) in [6.07, 6.45) is 1.99. The van der Waals surface area contributed by atoms with Crippen LogP contribution < -0.4 is 16.0 Å². The van der Waals surface area contributed by atoms with Crippen LogP contribution in [0.15, 0.2) is 11.8 Å². The summed E-state index contributed by atoms with van der Waals surface area (Å²) in [5.41, 5.74) is -0.00704. The van der Waals surface area contributed by atoms with Crippen LogP contribution in [0, 0.1) is 11.3 Å². The Labute approximate surface area is 111 Å². The molecule has 0 fully saturated rings. The number of nitrogens with one attached hydrogen (secondary N) is 3. The molecule has 3 N–H and O–H groups in total. The molecule has 0 aromatic rings. The molecule has 18 heavy (non-hydrogen) atoms. The van der Waals surface area contributed by atoms with Crippen LogP contribution in [0.2, 0.25) is 0 Å². The van der Waals surface area contributed by atoms with E-state index in [2.05, 4.69) is 16.0 Å². The molecule has 0 aromatic heterocycles. The van der Waals surface area contributed by atoms with Gasteiger partial charge in [0, 0.05) is 38.6 Å². The fraction of sp³-hybridized carbons (Fsp3) is 0.545. The lowest BCUT2D eigenvalue weighted by Gasteiger charge is -2.04. The van der Waals surface area contributed by atoms with E-state index in [1.165, 1.54) is 13.1 Å². The first-order valence-corrected chi connectivity index (χ1v) is 6.07. The molecule has 0 aliphatic carbocycles. The summed E-state index contributed by atoms with van der Waals surface area (Å²) >= 11 is 5.46. The van der Waals surface area contributed by atoms with Gasteiger partial charge in [-0.2, -0.15) is 5.26 Å². The number of nitriles is 1. The van der Waals surface area contributed by atoms with Crippen molar-refractivity contribution < 1.29 is 9.59 Å². The normalized spacial score (nSPS) is 10.4. The van der Waals surface area contributed by atoms with Gasteiger partial charge in [0.05, 0.1) is 0 Å². The van der Waals surface area contributed by atoms with Gasteiger partial charge in [-0.3, -0.25) is 9.59 Å². The van der Waals surface area contributed by atoms with Crippen molar-refractivity contribution in [2.75, 3.05) is 25.5 Å². The van der Waals surface area contributed by atoms with Crippen molar-refractivity contribution >= 4 is 23.4 Å². The smallest absolute Gasteiger partial charge is 0.263 e. The first-order valence-electron chi connectivity index (χ1n) is 5.54. The SMILES string of the molecule is CC(=O)NCCN/C=C(/C#N)C(=O)NCCCCl. The maximum Gasteiger partial charge on any atom is 0.263 e. The second-order valence-corrected chi connectivity index (χ2v) is 3.78. The van der Waals surface area contributed by atoms with E-state index in [4.69, 9.17) is 16.9 Å². The molecule has 0 bridgehead atoms. The van der Waals surface area contributed by atoms with Gasteiger partial charge in [0.2, 0.25) is 5.91 Å². The Bertz CT molecular complexity index is 349. The highest BCUT2D eigenvalue weighted by molar-refractivity contribution is 6.17. The molecule has 100 valence electrons. The molecule has 0 rings (SSSR count). The molecule has 0 atom stereocenters. The van der Waals surface area contributed by atoms with E-state index in [1.54, 1.807) is 6.07 Å². The summed E-state index contributed by atoms with van der Waals surface area (Å²) in [4.78, 5) is 22.0. The minimum Gasteiger partial charge on any atom is -0.388 e. The number of amides is 2. The topological polar surface area (TPSA) is 94.0 Å². The second kappa shape index (κ2) is 10.4. The molecule has 0 unspecified atom stereocenters. The molecule has 0 radical (unpaired) electrons. The first kappa shape index (κ1) is 16.3. The maximum atomic E-state index is 11.5. The van der Waals surface area contributed by atoms with Crippen molar-refractivity contribution in [3.05, 3.63) is 11.8 Å². The Morgan fingerprint density at radius 3 is 2.56 bits per heavy atom. The lowest BCUT2D eigenvalue weighted by molar-refractivity contribution is -0.119. The van der Waals surface area contributed by atoms with Gasteiger partial charge in [-0.1, -0.05) is 0 Å². The zero-order chi connectivity index (χ0) is 13.8. The molecule has 6 nitrogen and oxygen atoms in total. The Morgan fingerprint density at radius 2 is 2.00 bits per heavy atom. The van der Waals surface area contributed by atoms with Gasteiger partial charge in [-0.15, -0.1) is 11.6 Å². The average molecular weight is 273 g/mol. The summed E-state index contributed by atoms with van der Waals surface area (Å²) in [6, 6.07) is 1.79. The Hall–Kier alpha value is -1.74. The Kier molecular flexibility index (Phi) is 9.41. The largest absolute Gasteiger partial charge is 0.388 e. The molecule has 0 saturated carbocycles. The van der Waals surface area contributed by atoms with Crippen LogP contribution >= 0.6 is 11.6 Å². The number of halogens is 1. The summed E-state index contributed by atoms with van der Waals surface area (Å²) < 4.78 is 0. The van der Waals surface area contributed by atoms with Crippen LogP contribution in [-0.2, 0) is 9.59 Å². The van der Waals surface area contributed by atoms with Crippen LogP contribution in [0.5, 0.6) is 0 Å². The predicted molar refractivity (Wildman–Crippen MR) is 68.7 cm³/mol. The molecular formula is C11H17ClN4O2. The summed E-state index contributed by atoms with van der Waals surface area (Å²) in [5.74, 6) is -0.101. The van der Waals surface area contributed by atoms with Gasteiger partial charge < -0.3 is 16.0 Å². The fourth-order valence-corrected chi connectivity index (χ4v) is 1.13. The average Bonchev–Trinajstić information content (AvgIpc) is 2.33. The fourth-order valence-electron chi connectivity index (χ4n) is 0.997. The second-order valence-electron chi connectivity index (χ2n) is 3.41. The van der Waals surface area contributed by atoms with Crippen molar-refractivity contribution in [2.45, 2.75) is 13.3 Å². The molecule has 0 saturated heterocycles. The third kappa shape index (κ3) is 8.42. The van der Waals surface area contributed by atoms with Crippen molar-refractivity contribution in [1.82, 2.24) is 16.0 Å². The summed E-state index contributed by atoms with van der Waals surface area (Å²) in [7, 11) is 0. The van der Waals surface area contributed by atoms with Gasteiger partial charge in [-0.25, -0.2) is 0 Å². The standard InChI is InChI=1S/C11H17ClN4O2/c1-9(17)15-6-5-14-8-10(7-13)11(18)16-4-2-3-12/h8,14H,2-6H2,1H3,(H,15,17)(H,16,18)/b10-8-. The van der Waals surface area contributed by atoms with Gasteiger partial charge in [0.1, 0.15) is 11.6 Å². The van der Waals surface area contributed by atoms with E-state index in [0.29, 0.717) is 31.9 Å². The minimum atomic E-state index is -0.436. The number of carbonyl (C=O) groups is 2. The van der Waals surface area contributed by atoms with Gasteiger partial charge in [0.15, 0.2) is 0 Å². The lowest BCUT2D eigenvalue weighted by Crippen LogP contribution is -2.30. The van der Waals surface area contributed by atoms with E-state index in [1.807, 2.05) is 0 Å². The van der Waals surface area contributed by atoms with Crippen LogP contribution in [0.3, 0.4) is 0 Å². The molecule has 0 aliphatic rings. The van der Waals surface area contributed by atoms with E-state index < -0.39 is 5.91 Å². The predicted octanol–water partition coefficient (Wildman–Crippen LogP) is -0.135. The minimum absolute atomic E-state index is 0.00704. The van der Waals surface area contributed by atoms with Crippen molar-refractivity contribution in [3.8, 4) is 6.07 Å². The van der Waals surface area contributed by atoms with E-state index >= 15 is 0 Å². The number of hydrogen-bond acceptors (Lipinski definition) is 4. The van der Waals surface area contributed by atoms with Gasteiger partial charge >= 0.3 is 0 Å². The molecule has 7 heteroatoms. The van der Waals surface area contributed by atoms with E-state index in [0.717, 1.165) is 0 Å². The highest BCUT2D eigenvalue weighted by atomic mass is 35.5. The zero-order valence-electron chi connectivity index (χ0n) is 10.3. The van der Waals surface area contributed by atoms with E-state index in [-0.39, 0.29) is 11.5 Å². The number of carbonyl (C=O) groups excluding carboxylic acids is 2. The maximum absolute atomic E-state index is 11.5. The van der Waals surface area contributed by atoms with Crippen LogP contribution in [0.25, 0.3) is 0 Å². The van der Waals surface area contributed by atoms with Gasteiger partial charge in [0.25, 0.3) is 5.91 Å². The van der Waals surface area contributed by atoms with Crippen LogP contribution in [-0.4, -0.2) is 37.3 Å². The molecule has 0 heterocycles. The number of hydrogen-bond donors (Lipinski definition) is 3. The highest BCUT2D eigenvalue weighted by Gasteiger charge is 2.06. The Balaban J connectivity index is 3.96. The van der Waals surface area contributed by atoms with Gasteiger partial charge in [-0.05, 0) is 6.42 Å². The van der Waals surface area contributed by atoms with Crippen LogP contribution in [0.1, 0.15) is 13.3 Å². The van der Waals surface area contributed by atoms with Crippen molar-refractivity contribution in [1.29, 1.82) is 5.26 Å². The molecule has 0 aromatic carbocycles. The van der Waals surface area contributed by atoms with Crippen molar-refractivity contribution in [3.63, 3.8) is 0 Å². The molecule has 0 aliphatic heterocycles. The highest BCUT2D eigenvalue weighted by Crippen LogP contribution is 1.91. The zero-order valence-corrected chi connectivity index (χ0v) is 11.0. The Morgan fingerprint density at radius 1 is 1.28 bits per heavy atom. The lowest BCUT2D eigenvalue weighted by atomic mass is 10.3. The molecular weight excluding hydrogens is 256 g/mol. The van der Waals surface area contributed by atoms with Crippen molar-refractivity contribution in [2.24, 2.45) is 0 Å². The third-order valence-electron chi connectivity index (χ3n) is 1.85. The molecule has 0 spiro atoms. The number of alkyl halides is 1. The summed E-state index contributed by atoms with van der Waals surface area (Å²) in [6.45, 7) is 2.73. The quantitative estimate of drug-likeness (QED) is 0.248.